The van der Waals surface area contributed by atoms with E-state index in [2.05, 4.69) is 0 Å². The van der Waals surface area contributed by atoms with E-state index < -0.39 is 26.4 Å². The molecule has 0 saturated heterocycles. The van der Waals surface area contributed by atoms with Crippen molar-refractivity contribution >= 4 is 15.7 Å². The van der Waals surface area contributed by atoms with Crippen LogP contribution in [0.25, 0.3) is 0 Å². The smallest absolute Gasteiger partial charge is 0.312 e. The molecular weight excluding hydrogens is 300 g/mol. The summed E-state index contributed by atoms with van der Waals surface area (Å²) in [6.07, 6.45) is 0. The van der Waals surface area contributed by atoms with E-state index in [1.165, 1.54) is 4.31 Å². The fourth-order valence-electron chi connectivity index (χ4n) is 1.72. The number of sulfonamides is 1. The van der Waals surface area contributed by atoms with Crippen LogP contribution in [0.1, 0.15) is 13.8 Å². The van der Waals surface area contributed by atoms with Crippen LogP contribution in [0.3, 0.4) is 0 Å². The molecule has 118 valence electrons. The van der Waals surface area contributed by atoms with Gasteiger partial charge in [-0.15, -0.1) is 0 Å². The Labute approximate surface area is 123 Å². The minimum atomic E-state index is -3.87. The lowest BCUT2D eigenvalue weighted by Gasteiger charge is -2.20. The molecule has 21 heavy (non-hydrogen) atoms. The molecule has 0 aliphatic carbocycles. The number of nitro benzene ring substituents is 1. The molecular formula is C12H18N2O6S. The molecule has 0 heterocycles. The quantitative estimate of drug-likeness (QED) is 0.440. The maximum atomic E-state index is 12.4. The molecule has 0 amide bonds. The Bertz CT molecular complexity index is 602. The minimum Gasteiger partial charge on any atom is -0.502 e. The molecule has 1 rings (SSSR count). The van der Waals surface area contributed by atoms with Gasteiger partial charge in [0.2, 0.25) is 10.0 Å². The normalized spacial score (nSPS) is 11.8. The lowest BCUT2D eigenvalue weighted by molar-refractivity contribution is -0.386. The maximum Gasteiger partial charge on any atom is 0.312 e. The molecule has 8 nitrogen and oxygen atoms in total. The van der Waals surface area contributed by atoms with E-state index in [0.717, 1.165) is 18.2 Å². The van der Waals surface area contributed by atoms with Gasteiger partial charge in [0.05, 0.1) is 16.4 Å². The van der Waals surface area contributed by atoms with Crippen LogP contribution < -0.4 is 0 Å². The molecule has 1 N–H and O–H groups in total. The van der Waals surface area contributed by atoms with Gasteiger partial charge in [0.25, 0.3) is 0 Å². The van der Waals surface area contributed by atoms with E-state index in [0.29, 0.717) is 6.61 Å². The Morgan fingerprint density at radius 1 is 1.38 bits per heavy atom. The minimum absolute atomic E-state index is 0.154. The highest BCUT2D eigenvalue weighted by atomic mass is 32.2. The average Bonchev–Trinajstić information content (AvgIpc) is 2.43. The predicted octanol–water partition coefficient (Wildman–Crippen LogP) is 1.35. The van der Waals surface area contributed by atoms with Gasteiger partial charge in [-0.25, -0.2) is 8.42 Å². The van der Waals surface area contributed by atoms with Gasteiger partial charge in [-0.2, -0.15) is 4.31 Å². The molecule has 0 unspecified atom stereocenters. The van der Waals surface area contributed by atoms with Crippen LogP contribution in [0.5, 0.6) is 5.75 Å². The number of phenolic OH excluding ortho intramolecular Hbond substituents is 1. The van der Waals surface area contributed by atoms with E-state index in [4.69, 9.17) is 4.74 Å². The summed E-state index contributed by atoms with van der Waals surface area (Å²) in [6, 6.07) is 3.00. The second kappa shape index (κ2) is 7.34. The van der Waals surface area contributed by atoms with E-state index in [1.807, 2.05) is 0 Å². The van der Waals surface area contributed by atoms with Crippen LogP contribution >= 0.6 is 0 Å². The number of rotatable bonds is 8. The number of ether oxygens (including phenoxy) is 1. The van der Waals surface area contributed by atoms with Gasteiger partial charge in [-0.1, -0.05) is 6.92 Å². The molecule has 0 saturated carbocycles. The third kappa shape index (κ3) is 4.13. The van der Waals surface area contributed by atoms with Crippen molar-refractivity contribution in [3.05, 3.63) is 28.3 Å². The molecule has 0 atom stereocenters. The molecule has 0 spiro atoms. The van der Waals surface area contributed by atoms with Crippen LogP contribution in [-0.4, -0.2) is 49.1 Å². The first-order valence-corrected chi connectivity index (χ1v) is 7.83. The maximum absolute atomic E-state index is 12.4. The zero-order valence-electron chi connectivity index (χ0n) is 11.9. The van der Waals surface area contributed by atoms with E-state index >= 15 is 0 Å². The second-order valence-corrected chi connectivity index (χ2v) is 6.04. The van der Waals surface area contributed by atoms with Gasteiger partial charge in [-0.05, 0) is 19.1 Å². The lowest BCUT2D eigenvalue weighted by Crippen LogP contribution is -2.34. The molecule has 1 aromatic rings. The Morgan fingerprint density at radius 2 is 2.05 bits per heavy atom. The molecule has 1 aromatic carbocycles. The van der Waals surface area contributed by atoms with Crippen LogP contribution in [0.15, 0.2) is 23.1 Å². The van der Waals surface area contributed by atoms with E-state index in [1.54, 1.807) is 13.8 Å². The van der Waals surface area contributed by atoms with Crippen molar-refractivity contribution in [3.8, 4) is 5.75 Å². The highest BCUT2D eigenvalue weighted by Gasteiger charge is 2.26. The monoisotopic (exact) mass is 318 g/mol. The van der Waals surface area contributed by atoms with Crippen LogP contribution in [0.2, 0.25) is 0 Å². The van der Waals surface area contributed by atoms with Gasteiger partial charge in [0, 0.05) is 25.8 Å². The van der Waals surface area contributed by atoms with Gasteiger partial charge >= 0.3 is 5.69 Å². The summed E-state index contributed by atoms with van der Waals surface area (Å²) < 4.78 is 31.1. The summed E-state index contributed by atoms with van der Waals surface area (Å²) in [5, 5.41) is 20.1. The van der Waals surface area contributed by atoms with Gasteiger partial charge < -0.3 is 9.84 Å². The van der Waals surface area contributed by atoms with E-state index in [-0.39, 0.29) is 24.6 Å². The highest BCUT2D eigenvalue weighted by Crippen LogP contribution is 2.29. The van der Waals surface area contributed by atoms with Crippen LogP contribution in [-0.2, 0) is 14.8 Å². The Morgan fingerprint density at radius 3 is 2.57 bits per heavy atom. The number of likely N-dealkylation sites (N-methyl/N-ethyl adjacent to an activating group) is 1. The molecule has 0 aromatic heterocycles. The number of nitrogens with zero attached hydrogens (tertiary/aromatic N) is 2. The van der Waals surface area contributed by atoms with Crippen molar-refractivity contribution in [2.45, 2.75) is 18.7 Å². The summed E-state index contributed by atoms with van der Waals surface area (Å²) in [5.41, 5.74) is -0.642. The largest absolute Gasteiger partial charge is 0.502 e. The Hall–Kier alpha value is -1.71. The van der Waals surface area contributed by atoms with Crippen molar-refractivity contribution in [1.82, 2.24) is 4.31 Å². The first-order valence-electron chi connectivity index (χ1n) is 6.39. The zero-order chi connectivity index (χ0) is 16.0. The topological polar surface area (TPSA) is 110 Å². The Balaban J connectivity index is 3.11. The number of hydrogen-bond acceptors (Lipinski definition) is 6. The zero-order valence-corrected chi connectivity index (χ0v) is 12.7. The summed E-state index contributed by atoms with van der Waals surface area (Å²) in [5.74, 6) is -0.573. The first-order chi connectivity index (χ1) is 9.84. The van der Waals surface area contributed by atoms with Gasteiger partial charge in [-0.3, -0.25) is 10.1 Å². The number of benzene rings is 1. The fraction of sp³-hybridized carbons (Fsp3) is 0.500. The van der Waals surface area contributed by atoms with Crippen LogP contribution in [0, 0.1) is 10.1 Å². The van der Waals surface area contributed by atoms with Gasteiger partial charge in [0.15, 0.2) is 5.75 Å². The number of nitro groups is 1. The Kier molecular flexibility index (Phi) is 6.06. The summed E-state index contributed by atoms with van der Waals surface area (Å²) in [6.45, 7) is 4.55. The summed E-state index contributed by atoms with van der Waals surface area (Å²) in [4.78, 5) is 9.71. The molecule has 0 aliphatic heterocycles. The molecule has 0 bridgehead atoms. The molecule has 0 radical (unpaired) electrons. The molecule has 0 fully saturated rings. The van der Waals surface area contributed by atoms with Gasteiger partial charge in [0.1, 0.15) is 0 Å². The summed E-state index contributed by atoms with van der Waals surface area (Å²) >= 11 is 0. The van der Waals surface area contributed by atoms with E-state index in [9.17, 15) is 23.6 Å². The SMILES string of the molecule is CCOCCN(CC)S(=O)(=O)c1ccc(O)c([N+](=O)[O-])c1. The lowest BCUT2D eigenvalue weighted by atomic mass is 10.3. The third-order valence-electron chi connectivity index (χ3n) is 2.82. The number of aromatic hydroxyl groups is 1. The van der Waals surface area contributed by atoms with Crippen molar-refractivity contribution in [2.24, 2.45) is 0 Å². The first kappa shape index (κ1) is 17.3. The second-order valence-electron chi connectivity index (χ2n) is 4.10. The van der Waals surface area contributed by atoms with Crippen LogP contribution in [0.4, 0.5) is 5.69 Å². The molecule has 9 heteroatoms. The van der Waals surface area contributed by atoms with Crippen molar-refractivity contribution in [2.75, 3.05) is 26.3 Å². The standard InChI is InChI=1S/C12H18N2O6S/c1-3-13(7-8-20-4-2)21(18,19)10-5-6-12(15)11(9-10)14(16)17/h5-6,9,15H,3-4,7-8H2,1-2H3. The van der Waals surface area contributed by atoms with Crippen molar-refractivity contribution < 1.29 is 23.2 Å². The van der Waals surface area contributed by atoms with Crippen molar-refractivity contribution in [1.29, 1.82) is 0 Å². The third-order valence-corrected chi connectivity index (χ3v) is 4.79. The highest BCUT2D eigenvalue weighted by molar-refractivity contribution is 7.89. The van der Waals surface area contributed by atoms with Crippen molar-refractivity contribution in [3.63, 3.8) is 0 Å². The number of phenols is 1. The molecule has 0 aliphatic rings. The summed E-state index contributed by atoms with van der Waals surface area (Å²) in [7, 11) is -3.87. The predicted molar refractivity (Wildman–Crippen MR) is 75.7 cm³/mol. The number of hydrogen-bond donors (Lipinski definition) is 1. The fourth-order valence-corrected chi connectivity index (χ4v) is 3.17. The average molecular weight is 318 g/mol.